The van der Waals surface area contributed by atoms with Crippen molar-refractivity contribution in [3.8, 4) is 44.5 Å². The third-order valence-corrected chi connectivity index (χ3v) is 11.3. The second-order valence-corrected chi connectivity index (χ2v) is 13.8. The molecule has 0 nitrogen and oxygen atoms in total. The first kappa shape index (κ1) is 28.0. The van der Waals surface area contributed by atoms with Crippen molar-refractivity contribution in [1.29, 1.82) is 0 Å². The smallest absolute Gasteiger partial charge is 0.0434 e. The average Bonchev–Trinajstić information content (AvgIpc) is 3.56. The first-order chi connectivity index (χ1) is 24.3. The van der Waals surface area contributed by atoms with Gasteiger partial charge in [0.15, 0.2) is 0 Å². The van der Waals surface area contributed by atoms with E-state index < -0.39 is 0 Å². The van der Waals surface area contributed by atoms with Crippen molar-refractivity contribution in [3.63, 3.8) is 0 Å². The highest BCUT2D eigenvalue weighted by Gasteiger charge is 2.22. The van der Waals surface area contributed by atoms with Gasteiger partial charge < -0.3 is 0 Å². The van der Waals surface area contributed by atoms with E-state index in [1.807, 2.05) is 11.3 Å². The summed E-state index contributed by atoms with van der Waals surface area (Å²) < 4.78 is 2.66. The van der Waals surface area contributed by atoms with Crippen LogP contribution in [-0.2, 0) is 0 Å². The van der Waals surface area contributed by atoms with Crippen LogP contribution >= 0.6 is 11.3 Å². The van der Waals surface area contributed by atoms with E-state index >= 15 is 0 Å². The Morgan fingerprint density at radius 2 is 0.857 bits per heavy atom. The van der Waals surface area contributed by atoms with Gasteiger partial charge in [0, 0.05) is 25.7 Å². The molecule has 0 radical (unpaired) electrons. The second kappa shape index (κ2) is 11.3. The highest BCUT2D eigenvalue weighted by Crippen LogP contribution is 2.50. The summed E-state index contributed by atoms with van der Waals surface area (Å²) in [7, 11) is 0. The van der Waals surface area contributed by atoms with E-state index in [1.165, 1.54) is 97.0 Å². The molecular weight excluding hydrogens is 609 g/mol. The van der Waals surface area contributed by atoms with E-state index in [2.05, 4.69) is 182 Å². The summed E-state index contributed by atoms with van der Waals surface area (Å²) in [6, 6.07) is 67.0. The normalized spacial score (nSPS) is 11.7. The molecule has 9 aromatic carbocycles. The molecule has 228 valence electrons. The van der Waals surface area contributed by atoms with Gasteiger partial charge in [0.2, 0.25) is 0 Å². The van der Waals surface area contributed by atoms with Crippen LogP contribution in [0.2, 0.25) is 0 Å². The van der Waals surface area contributed by atoms with Crippen LogP contribution in [0.4, 0.5) is 0 Å². The molecule has 0 atom stereocenters. The quantitative estimate of drug-likeness (QED) is 0.168. The zero-order chi connectivity index (χ0) is 32.3. The fourth-order valence-electron chi connectivity index (χ4n) is 7.93. The van der Waals surface area contributed by atoms with Crippen LogP contribution in [0.25, 0.3) is 97.0 Å². The molecule has 0 N–H and O–H groups in total. The van der Waals surface area contributed by atoms with Crippen LogP contribution in [0.15, 0.2) is 182 Å². The second-order valence-electron chi connectivity index (χ2n) is 12.8. The molecule has 10 aromatic rings. The van der Waals surface area contributed by atoms with Crippen molar-refractivity contribution in [1.82, 2.24) is 0 Å². The van der Waals surface area contributed by atoms with Gasteiger partial charge in [-0.15, -0.1) is 11.3 Å². The van der Waals surface area contributed by atoms with Gasteiger partial charge >= 0.3 is 0 Å². The fraction of sp³-hybridized carbons (Fsp3) is 0. The minimum absolute atomic E-state index is 1.22. The summed E-state index contributed by atoms with van der Waals surface area (Å²) in [6.07, 6.45) is 0. The predicted molar refractivity (Wildman–Crippen MR) is 214 cm³/mol. The maximum Gasteiger partial charge on any atom is 0.0434 e. The number of rotatable bonds is 4. The maximum absolute atomic E-state index is 2.38. The van der Waals surface area contributed by atoms with Crippen LogP contribution in [0.5, 0.6) is 0 Å². The van der Waals surface area contributed by atoms with Crippen LogP contribution in [0.3, 0.4) is 0 Å². The Hall–Kier alpha value is -6.02. The first-order valence-electron chi connectivity index (χ1n) is 16.9. The fourth-order valence-corrected chi connectivity index (χ4v) is 9.16. The van der Waals surface area contributed by atoms with E-state index in [-0.39, 0.29) is 0 Å². The maximum atomic E-state index is 2.38. The molecular formula is C48H30S. The number of fused-ring (bicyclic) bond motifs is 6. The molecule has 0 unspecified atom stereocenters. The Morgan fingerprint density at radius 1 is 0.306 bits per heavy atom. The predicted octanol–water partition coefficient (Wildman–Crippen LogP) is 14.2. The lowest BCUT2D eigenvalue weighted by Gasteiger charge is -2.21. The van der Waals surface area contributed by atoms with Gasteiger partial charge in [0.25, 0.3) is 0 Å². The summed E-state index contributed by atoms with van der Waals surface area (Å²) in [4.78, 5) is 0. The van der Waals surface area contributed by atoms with E-state index in [1.54, 1.807) is 0 Å². The Labute approximate surface area is 289 Å². The topological polar surface area (TPSA) is 0 Å². The zero-order valence-electron chi connectivity index (χ0n) is 26.7. The van der Waals surface area contributed by atoms with E-state index in [0.29, 0.717) is 0 Å². The lowest BCUT2D eigenvalue weighted by Crippen LogP contribution is -1.94. The van der Waals surface area contributed by atoms with Crippen molar-refractivity contribution in [3.05, 3.63) is 182 Å². The molecule has 0 bridgehead atoms. The molecule has 1 heteroatoms. The summed E-state index contributed by atoms with van der Waals surface area (Å²) in [5.74, 6) is 0. The monoisotopic (exact) mass is 638 g/mol. The Balaban J connectivity index is 1.39. The molecule has 0 spiro atoms. The van der Waals surface area contributed by atoms with E-state index in [4.69, 9.17) is 0 Å². The summed E-state index contributed by atoms with van der Waals surface area (Å²) in [5, 5.41) is 10.3. The van der Waals surface area contributed by atoms with Crippen LogP contribution < -0.4 is 0 Å². The Bertz CT molecular complexity index is 2870. The largest absolute Gasteiger partial charge is 0.135 e. The third-order valence-electron chi connectivity index (χ3n) is 10.1. The molecule has 0 fully saturated rings. The molecule has 0 aliphatic heterocycles. The zero-order valence-corrected chi connectivity index (χ0v) is 27.5. The number of hydrogen-bond acceptors (Lipinski definition) is 1. The first-order valence-corrected chi connectivity index (χ1v) is 17.7. The van der Waals surface area contributed by atoms with Gasteiger partial charge in [-0.2, -0.15) is 0 Å². The summed E-state index contributed by atoms with van der Waals surface area (Å²) in [6.45, 7) is 0. The van der Waals surface area contributed by atoms with E-state index in [0.717, 1.165) is 0 Å². The van der Waals surface area contributed by atoms with Crippen molar-refractivity contribution >= 4 is 63.8 Å². The van der Waals surface area contributed by atoms with Crippen molar-refractivity contribution in [2.45, 2.75) is 0 Å². The van der Waals surface area contributed by atoms with Crippen molar-refractivity contribution in [2.24, 2.45) is 0 Å². The SMILES string of the molecule is c1ccc(-c2cccc(-c3c4ccccc4c(-c4cccc5ccccc45)c4cccc(-c5cccc6c5sc5ccccc56)c34)c2)cc1. The third kappa shape index (κ3) is 4.44. The van der Waals surface area contributed by atoms with Gasteiger partial charge in [-0.05, 0) is 83.4 Å². The Kier molecular flexibility index (Phi) is 6.47. The molecule has 0 aliphatic rings. The molecule has 1 aromatic heterocycles. The molecule has 0 saturated heterocycles. The van der Waals surface area contributed by atoms with Crippen molar-refractivity contribution < 1.29 is 0 Å². The lowest BCUT2D eigenvalue weighted by molar-refractivity contribution is 1.61. The van der Waals surface area contributed by atoms with Crippen LogP contribution in [0, 0.1) is 0 Å². The van der Waals surface area contributed by atoms with Gasteiger partial charge in [-0.1, -0.05) is 170 Å². The number of benzene rings is 9. The lowest BCUT2D eigenvalue weighted by atomic mass is 9.81. The average molecular weight is 639 g/mol. The highest BCUT2D eigenvalue weighted by molar-refractivity contribution is 7.26. The molecule has 0 amide bonds. The van der Waals surface area contributed by atoms with Gasteiger partial charge in [0.05, 0.1) is 0 Å². The highest BCUT2D eigenvalue weighted by atomic mass is 32.1. The molecule has 10 rings (SSSR count). The number of thiophene rings is 1. The van der Waals surface area contributed by atoms with Crippen LogP contribution in [0.1, 0.15) is 0 Å². The Morgan fingerprint density at radius 3 is 1.71 bits per heavy atom. The van der Waals surface area contributed by atoms with Gasteiger partial charge in [0.1, 0.15) is 0 Å². The van der Waals surface area contributed by atoms with Gasteiger partial charge in [-0.25, -0.2) is 0 Å². The van der Waals surface area contributed by atoms with Crippen LogP contribution in [-0.4, -0.2) is 0 Å². The number of hydrogen-bond donors (Lipinski definition) is 0. The summed E-state index contributed by atoms with van der Waals surface area (Å²) >= 11 is 1.90. The molecule has 0 aliphatic carbocycles. The van der Waals surface area contributed by atoms with E-state index in [9.17, 15) is 0 Å². The summed E-state index contributed by atoms with van der Waals surface area (Å²) in [5.41, 5.74) is 10.0. The van der Waals surface area contributed by atoms with Gasteiger partial charge in [-0.3, -0.25) is 0 Å². The van der Waals surface area contributed by atoms with Crippen molar-refractivity contribution in [2.75, 3.05) is 0 Å². The molecule has 1 heterocycles. The minimum atomic E-state index is 1.22. The molecule has 0 saturated carbocycles. The molecule has 49 heavy (non-hydrogen) atoms. The minimum Gasteiger partial charge on any atom is -0.135 e. The standard InChI is InChI=1S/C48H30S/c1-2-14-31(15-3-1)33-18-10-19-34(30-33)45-38-22-6-7-23-39(38)46(37-24-11-17-32-16-4-5-20-35(32)37)43-28-12-25-40(47(43)45)42-27-13-26-41-36-21-8-9-29-44(36)49-48(41)42/h1-30H.